The van der Waals surface area contributed by atoms with Gasteiger partial charge in [0.25, 0.3) is 0 Å². The van der Waals surface area contributed by atoms with Crippen LogP contribution in [-0.4, -0.2) is 15.5 Å². The molecule has 0 aliphatic heterocycles. The van der Waals surface area contributed by atoms with Crippen LogP contribution in [0.4, 0.5) is 14.5 Å². The number of halogens is 2. The fourth-order valence-electron chi connectivity index (χ4n) is 5.17. The first-order chi connectivity index (χ1) is 18.8. The summed E-state index contributed by atoms with van der Waals surface area (Å²) in [5.41, 5.74) is 10.7. The van der Waals surface area contributed by atoms with Gasteiger partial charge in [-0.15, -0.1) is 12.6 Å². The average molecular weight is 547 g/mol. The average Bonchev–Trinajstić information content (AvgIpc) is 3.64. The summed E-state index contributed by atoms with van der Waals surface area (Å²) in [6.45, 7) is 0.406. The molecule has 1 amide bonds. The fourth-order valence-corrected chi connectivity index (χ4v) is 5.31. The summed E-state index contributed by atoms with van der Waals surface area (Å²) in [5.74, 6) is 0.472. The number of anilines is 1. The Morgan fingerprint density at radius 3 is 2.41 bits per heavy atom. The zero-order valence-corrected chi connectivity index (χ0v) is 22.7. The molecule has 3 unspecified atom stereocenters. The van der Waals surface area contributed by atoms with Gasteiger partial charge in [-0.05, 0) is 96.8 Å². The van der Waals surface area contributed by atoms with E-state index >= 15 is 0 Å². The van der Waals surface area contributed by atoms with E-state index in [1.807, 2.05) is 28.8 Å². The molecule has 0 radical (unpaired) electrons. The SMILES string of the molecule is Cn1ccnc1CN(C(=O)C1CC1c1ccc(F)cc1)c1ccc2c(c1)C(N)CCC2.Fc1ccc(S)cc1. The summed E-state index contributed by atoms with van der Waals surface area (Å²) in [6.07, 6.45) is 7.53. The minimum atomic E-state index is -0.255. The number of carbonyl (C=O) groups is 1. The maximum atomic E-state index is 13.6. The molecular formula is C31H32F2N4OS. The molecule has 4 aromatic rings. The summed E-state index contributed by atoms with van der Waals surface area (Å²) in [7, 11) is 1.94. The van der Waals surface area contributed by atoms with E-state index in [0.717, 1.165) is 53.2 Å². The number of amides is 1. The van der Waals surface area contributed by atoms with Crippen LogP contribution in [0, 0.1) is 17.6 Å². The Hall–Kier alpha value is -3.49. The van der Waals surface area contributed by atoms with E-state index in [4.69, 9.17) is 5.73 Å². The highest BCUT2D eigenvalue weighted by Crippen LogP contribution is 2.49. The van der Waals surface area contributed by atoms with Crippen LogP contribution in [0.15, 0.2) is 84.0 Å². The standard InChI is InChI=1S/C25H27FN4O.C6H5FS/c1-29-12-11-28-24(29)15-30(19-10-7-16-3-2-4-23(27)21(16)13-19)25(31)22-14-20(22)17-5-8-18(26)9-6-17;7-5-1-3-6(8)4-2-5/h5-13,20,22-23H,2-4,14-15,27H2,1H3;1-4,8H. The van der Waals surface area contributed by atoms with Crippen molar-refractivity contribution in [1.82, 2.24) is 9.55 Å². The van der Waals surface area contributed by atoms with E-state index in [-0.39, 0.29) is 35.4 Å². The number of benzene rings is 3. The quantitative estimate of drug-likeness (QED) is 0.287. The Morgan fingerprint density at radius 2 is 1.77 bits per heavy atom. The maximum absolute atomic E-state index is 13.6. The molecule has 5 nitrogen and oxygen atoms in total. The summed E-state index contributed by atoms with van der Waals surface area (Å²) >= 11 is 3.97. The molecule has 2 N–H and O–H groups in total. The molecule has 3 aromatic carbocycles. The Labute approximate surface area is 233 Å². The summed E-state index contributed by atoms with van der Waals surface area (Å²) in [6, 6.07) is 18.7. The minimum absolute atomic E-state index is 0.0155. The number of thiol groups is 1. The summed E-state index contributed by atoms with van der Waals surface area (Å²) < 4.78 is 27.3. The van der Waals surface area contributed by atoms with Crippen molar-refractivity contribution in [2.75, 3.05) is 4.90 Å². The first-order valence-electron chi connectivity index (χ1n) is 13.2. The lowest BCUT2D eigenvalue weighted by atomic mass is 9.88. The molecule has 1 saturated carbocycles. The molecule has 1 aromatic heterocycles. The van der Waals surface area contributed by atoms with Crippen molar-refractivity contribution in [1.29, 1.82) is 0 Å². The van der Waals surface area contributed by atoms with Crippen molar-refractivity contribution >= 4 is 24.2 Å². The number of hydrogen-bond donors (Lipinski definition) is 2. The predicted molar refractivity (Wildman–Crippen MR) is 152 cm³/mol. The van der Waals surface area contributed by atoms with Crippen molar-refractivity contribution in [3.63, 3.8) is 0 Å². The van der Waals surface area contributed by atoms with Gasteiger partial charge in [-0.25, -0.2) is 13.8 Å². The summed E-state index contributed by atoms with van der Waals surface area (Å²) in [5, 5.41) is 0. The zero-order valence-electron chi connectivity index (χ0n) is 21.8. The van der Waals surface area contributed by atoms with Crippen LogP contribution < -0.4 is 10.6 Å². The van der Waals surface area contributed by atoms with E-state index < -0.39 is 0 Å². The second kappa shape index (κ2) is 11.7. The molecule has 0 saturated heterocycles. The molecule has 39 heavy (non-hydrogen) atoms. The molecule has 0 spiro atoms. The monoisotopic (exact) mass is 546 g/mol. The van der Waals surface area contributed by atoms with Crippen molar-refractivity contribution in [2.24, 2.45) is 18.7 Å². The van der Waals surface area contributed by atoms with E-state index in [2.05, 4.69) is 29.7 Å². The number of nitrogens with zero attached hydrogens (tertiary/aromatic N) is 3. The van der Waals surface area contributed by atoms with Gasteiger partial charge in [0.15, 0.2) is 0 Å². The molecule has 202 valence electrons. The van der Waals surface area contributed by atoms with Crippen LogP contribution in [0.3, 0.4) is 0 Å². The van der Waals surface area contributed by atoms with Gasteiger partial charge in [0.05, 0.1) is 6.54 Å². The maximum Gasteiger partial charge on any atom is 0.231 e. The van der Waals surface area contributed by atoms with Gasteiger partial charge < -0.3 is 15.2 Å². The number of carbonyl (C=O) groups excluding carboxylic acids is 1. The van der Waals surface area contributed by atoms with E-state index in [1.165, 1.54) is 29.8 Å². The normalized spacial score (nSPS) is 19.5. The number of rotatable bonds is 5. The Balaban J connectivity index is 0.000000332. The predicted octanol–water partition coefficient (Wildman–Crippen LogP) is 6.35. The molecule has 1 fully saturated rings. The fraction of sp³-hybridized carbons (Fsp3) is 0.290. The van der Waals surface area contributed by atoms with Gasteiger partial charge in [0.2, 0.25) is 5.91 Å². The van der Waals surface area contributed by atoms with Crippen LogP contribution >= 0.6 is 12.6 Å². The van der Waals surface area contributed by atoms with Crippen molar-refractivity contribution in [3.8, 4) is 0 Å². The van der Waals surface area contributed by atoms with Crippen LogP contribution in [0.2, 0.25) is 0 Å². The molecule has 8 heteroatoms. The summed E-state index contributed by atoms with van der Waals surface area (Å²) in [4.78, 5) is 20.7. The van der Waals surface area contributed by atoms with Crippen LogP contribution in [-0.2, 0) is 24.8 Å². The lowest BCUT2D eigenvalue weighted by Gasteiger charge is -2.27. The Kier molecular flexibility index (Phi) is 8.14. The van der Waals surface area contributed by atoms with Crippen LogP contribution in [0.1, 0.15) is 53.7 Å². The van der Waals surface area contributed by atoms with Gasteiger partial charge in [-0.2, -0.15) is 0 Å². The molecule has 6 rings (SSSR count). The van der Waals surface area contributed by atoms with Crippen LogP contribution in [0.25, 0.3) is 0 Å². The minimum Gasteiger partial charge on any atom is -0.337 e. The van der Waals surface area contributed by atoms with Gasteiger partial charge >= 0.3 is 0 Å². The second-order valence-electron chi connectivity index (χ2n) is 10.2. The second-order valence-corrected chi connectivity index (χ2v) is 10.8. The smallest absolute Gasteiger partial charge is 0.231 e. The van der Waals surface area contributed by atoms with Crippen molar-refractivity contribution in [3.05, 3.63) is 113 Å². The number of hydrogen-bond acceptors (Lipinski definition) is 4. The lowest BCUT2D eigenvalue weighted by molar-refractivity contribution is -0.120. The van der Waals surface area contributed by atoms with Crippen molar-refractivity contribution in [2.45, 2.75) is 49.1 Å². The molecule has 2 aliphatic carbocycles. The highest BCUT2D eigenvalue weighted by molar-refractivity contribution is 7.80. The third-order valence-electron chi connectivity index (χ3n) is 7.52. The first-order valence-corrected chi connectivity index (χ1v) is 13.6. The highest BCUT2D eigenvalue weighted by Gasteiger charge is 2.46. The van der Waals surface area contributed by atoms with Crippen molar-refractivity contribution < 1.29 is 13.6 Å². The Morgan fingerprint density at radius 1 is 1.08 bits per heavy atom. The van der Waals surface area contributed by atoms with Gasteiger partial charge in [0, 0.05) is 42.0 Å². The highest BCUT2D eigenvalue weighted by atomic mass is 32.1. The van der Waals surface area contributed by atoms with Gasteiger partial charge in [-0.1, -0.05) is 18.2 Å². The molecular weight excluding hydrogens is 514 g/mol. The number of nitrogens with two attached hydrogens (primary N) is 1. The zero-order chi connectivity index (χ0) is 27.5. The third-order valence-corrected chi connectivity index (χ3v) is 7.82. The lowest BCUT2D eigenvalue weighted by Crippen LogP contribution is -2.33. The number of imidazole rings is 1. The molecule has 2 aliphatic rings. The van der Waals surface area contributed by atoms with E-state index in [1.54, 1.807) is 30.5 Å². The number of aryl methyl sites for hydroxylation is 2. The Bertz CT molecular complexity index is 1420. The number of fused-ring (bicyclic) bond motifs is 1. The van der Waals surface area contributed by atoms with E-state index in [0.29, 0.717) is 6.54 Å². The largest absolute Gasteiger partial charge is 0.337 e. The first kappa shape index (κ1) is 27.1. The molecule has 3 atom stereocenters. The van der Waals surface area contributed by atoms with Gasteiger partial charge in [-0.3, -0.25) is 4.79 Å². The van der Waals surface area contributed by atoms with E-state index in [9.17, 15) is 13.6 Å². The molecule has 1 heterocycles. The molecule has 0 bridgehead atoms. The third kappa shape index (κ3) is 6.40. The van der Waals surface area contributed by atoms with Gasteiger partial charge in [0.1, 0.15) is 17.5 Å². The number of aromatic nitrogens is 2. The van der Waals surface area contributed by atoms with Crippen LogP contribution in [0.5, 0.6) is 0 Å². The topological polar surface area (TPSA) is 64.2 Å².